The Labute approximate surface area is 180 Å². The molecule has 0 amide bonds. The lowest BCUT2D eigenvalue weighted by Crippen LogP contribution is -2.28. The predicted octanol–water partition coefficient (Wildman–Crippen LogP) is 3.97. The monoisotopic (exact) mass is 424 g/mol. The van der Waals surface area contributed by atoms with Gasteiger partial charge in [0.25, 0.3) is 0 Å². The van der Waals surface area contributed by atoms with Gasteiger partial charge in [0.1, 0.15) is 11.3 Å². The maximum Gasteiger partial charge on any atom is 0.341 e. The molecule has 1 aromatic carbocycles. The Morgan fingerprint density at radius 3 is 2.71 bits per heavy atom. The molecule has 7 heteroatoms. The molecule has 2 aromatic heterocycles. The van der Waals surface area contributed by atoms with Crippen molar-refractivity contribution in [1.82, 2.24) is 9.13 Å². The molecule has 0 saturated carbocycles. The first-order valence-corrected chi connectivity index (χ1v) is 10.5. The normalized spacial score (nSPS) is 15.2. The molecule has 0 fully saturated rings. The minimum Gasteiger partial charge on any atom is -0.495 e. The topological polar surface area (TPSA) is 82.7 Å². The molecule has 0 saturated heterocycles. The van der Waals surface area contributed by atoms with E-state index in [4.69, 9.17) is 9.47 Å². The molecule has 1 unspecified atom stereocenters. The summed E-state index contributed by atoms with van der Waals surface area (Å²) in [4.78, 5) is 24.1. The first-order chi connectivity index (χ1) is 14.9. The number of carboxylic acids is 1. The second-order valence-corrected chi connectivity index (χ2v) is 8.39. The van der Waals surface area contributed by atoms with E-state index >= 15 is 0 Å². The number of aromatic carboxylic acids is 1. The summed E-state index contributed by atoms with van der Waals surface area (Å²) in [7, 11) is 3.35. The van der Waals surface area contributed by atoms with Gasteiger partial charge < -0.3 is 23.7 Å². The number of hydrogen-bond acceptors (Lipinski definition) is 4. The number of fused-ring (bicyclic) bond motifs is 5. The van der Waals surface area contributed by atoms with E-state index in [1.54, 1.807) is 14.2 Å². The van der Waals surface area contributed by atoms with E-state index in [9.17, 15) is 14.7 Å². The highest BCUT2D eigenvalue weighted by molar-refractivity contribution is 5.95. The molecule has 0 spiro atoms. The number of hydrogen-bond donors (Lipinski definition) is 1. The molecule has 0 aliphatic carbocycles. The van der Waals surface area contributed by atoms with Gasteiger partial charge in [-0.2, -0.15) is 0 Å². The standard InChI is InChI=1S/C24H28N2O5/c1-14(2)19-10-16-15-6-8-25(7-5-9-30-3)23(15)22(31-4)11-17(16)20-12-21(27)18(24(28)29)13-26(19)20/h6,8,11-14,19H,5,7,9-10H2,1-4H3,(H,28,29). The van der Waals surface area contributed by atoms with Crippen LogP contribution in [-0.4, -0.2) is 41.0 Å². The molecule has 4 rings (SSSR count). The lowest BCUT2D eigenvalue weighted by atomic mass is 9.85. The van der Waals surface area contributed by atoms with E-state index < -0.39 is 11.4 Å². The predicted molar refractivity (Wildman–Crippen MR) is 119 cm³/mol. The van der Waals surface area contributed by atoms with E-state index in [1.807, 2.05) is 10.6 Å². The van der Waals surface area contributed by atoms with E-state index in [2.05, 4.69) is 30.7 Å². The van der Waals surface area contributed by atoms with E-state index in [-0.39, 0.29) is 17.5 Å². The molecule has 3 heterocycles. The fourth-order valence-electron chi connectivity index (χ4n) is 4.66. The third kappa shape index (κ3) is 3.53. The third-order valence-electron chi connectivity index (χ3n) is 6.22. The number of benzene rings is 1. The van der Waals surface area contributed by atoms with Crippen molar-refractivity contribution in [2.24, 2.45) is 5.92 Å². The number of nitrogens with zero attached hydrogens (tertiary/aromatic N) is 2. The Morgan fingerprint density at radius 1 is 1.29 bits per heavy atom. The Morgan fingerprint density at radius 2 is 2.06 bits per heavy atom. The van der Waals surface area contributed by atoms with Crippen LogP contribution in [0.4, 0.5) is 0 Å². The molecule has 0 radical (unpaired) electrons. The Kier molecular flexibility index (Phi) is 5.62. The van der Waals surface area contributed by atoms with Crippen LogP contribution in [0.2, 0.25) is 0 Å². The molecule has 1 N–H and O–H groups in total. The van der Waals surface area contributed by atoms with Gasteiger partial charge in [-0.05, 0) is 36.5 Å². The minimum atomic E-state index is -1.20. The summed E-state index contributed by atoms with van der Waals surface area (Å²) in [5.74, 6) is -0.202. The van der Waals surface area contributed by atoms with E-state index in [0.29, 0.717) is 6.61 Å². The largest absolute Gasteiger partial charge is 0.495 e. The SMILES string of the molecule is COCCCn1ccc2c3c(cc(OC)c21)-c1cc(=O)c(C(=O)O)cn1C(C(C)C)C3. The Balaban J connectivity index is 1.97. The lowest BCUT2D eigenvalue weighted by molar-refractivity contribution is 0.0694. The van der Waals surface area contributed by atoms with Crippen LogP contribution in [-0.2, 0) is 17.7 Å². The first kappa shape index (κ1) is 21.2. The van der Waals surface area contributed by atoms with Crippen molar-refractivity contribution < 1.29 is 19.4 Å². The number of aryl methyl sites for hydroxylation is 1. The minimum absolute atomic E-state index is 0.0506. The van der Waals surface area contributed by atoms with Gasteiger partial charge in [0.05, 0.1) is 18.3 Å². The highest BCUT2D eigenvalue weighted by atomic mass is 16.5. The van der Waals surface area contributed by atoms with Crippen LogP contribution in [0.15, 0.2) is 35.4 Å². The van der Waals surface area contributed by atoms with Crippen LogP contribution in [0, 0.1) is 5.92 Å². The van der Waals surface area contributed by atoms with Crippen LogP contribution in [0.3, 0.4) is 0 Å². The molecule has 31 heavy (non-hydrogen) atoms. The Hall–Kier alpha value is -3.06. The molecule has 164 valence electrons. The zero-order chi connectivity index (χ0) is 22.3. The highest BCUT2D eigenvalue weighted by Gasteiger charge is 2.30. The van der Waals surface area contributed by atoms with Gasteiger partial charge in [0.2, 0.25) is 0 Å². The fraction of sp³-hybridized carbons (Fsp3) is 0.417. The van der Waals surface area contributed by atoms with Crippen LogP contribution in [0.1, 0.15) is 42.2 Å². The number of pyridine rings is 1. The van der Waals surface area contributed by atoms with Gasteiger partial charge in [0.15, 0.2) is 5.43 Å². The van der Waals surface area contributed by atoms with Gasteiger partial charge in [-0.3, -0.25) is 4.79 Å². The average molecular weight is 424 g/mol. The number of carboxylic acid groups (broad SMARTS) is 1. The van der Waals surface area contributed by atoms with Gasteiger partial charge in [-0.1, -0.05) is 13.8 Å². The van der Waals surface area contributed by atoms with E-state index in [1.165, 1.54) is 17.8 Å². The van der Waals surface area contributed by atoms with Crippen LogP contribution >= 0.6 is 0 Å². The summed E-state index contributed by atoms with van der Waals surface area (Å²) in [5.41, 5.74) is 3.19. The Bertz CT molecular complexity index is 1200. The number of rotatable bonds is 7. The van der Waals surface area contributed by atoms with Crippen molar-refractivity contribution in [2.45, 2.75) is 39.3 Å². The van der Waals surface area contributed by atoms with E-state index in [0.717, 1.165) is 47.3 Å². The average Bonchev–Trinajstić information content (AvgIpc) is 3.16. The summed E-state index contributed by atoms with van der Waals surface area (Å²) in [6, 6.07) is 5.60. The smallest absolute Gasteiger partial charge is 0.341 e. The zero-order valence-corrected chi connectivity index (χ0v) is 18.3. The van der Waals surface area contributed by atoms with Gasteiger partial charge in [-0.15, -0.1) is 0 Å². The molecule has 3 aromatic rings. The van der Waals surface area contributed by atoms with Crippen molar-refractivity contribution in [3.63, 3.8) is 0 Å². The number of ether oxygens (including phenoxy) is 2. The summed E-state index contributed by atoms with van der Waals surface area (Å²) in [5, 5.41) is 10.6. The highest BCUT2D eigenvalue weighted by Crippen LogP contribution is 2.44. The number of methoxy groups -OCH3 is 2. The fourth-order valence-corrected chi connectivity index (χ4v) is 4.66. The number of carbonyl (C=O) groups is 1. The molecule has 1 aliphatic rings. The van der Waals surface area contributed by atoms with Crippen molar-refractivity contribution >= 4 is 16.9 Å². The quantitative estimate of drug-likeness (QED) is 0.581. The van der Waals surface area contributed by atoms with Gasteiger partial charge >= 0.3 is 5.97 Å². The molecule has 7 nitrogen and oxygen atoms in total. The second-order valence-electron chi connectivity index (χ2n) is 8.39. The second kappa shape index (κ2) is 8.23. The number of aromatic nitrogens is 2. The third-order valence-corrected chi connectivity index (χ3v) is 6.22. The molecule has 0 bridgehead atoms. The van der Waals surface area contributed by atoms with Crippen LogP contribution in [0.25, 0.3) is 22.2 Å². The van der Waals surface area contributed by atoms with Gasteiger partial charge in [-0.25, -0.2) is 4.79 Å². The summed E-state index contributed by atoms with van der Waals surface area (Å²) >= 11 is 0. The summed E-state index contributed by atoms with van der Waals surface area (Å²) in [6.07, 6.45) is 5.22. The van der Waals surface area contributed by atoms with Crippen molar-refractivity contribution in [2.75, 3.05) is 20.8 Å². The maximum absolute atomic E-state index is 12.5. The van der Waals surface area contributed by atoms with Crippen LogP contribution < -0.4 is 10.2 Å². The molecule has 1 aliphatic heterocycles. The molecule has 1 atom stereocenters. The zero-order valence-electron chi connectivity index (χ0n) is 18.3. The summed E-state index contributed by atoms with van der Waals surface area (Å²) in [6.45, 7) is 5.74. The van der Waals surface area contributed by atoms with Gasteiger partial charge in [0, 0.05) is 55.7 Å². The van der Waals surface area contributed by atoms with Crippen molar-refractivity contribution in [3.8, 4) is 17.0 Å². The molecular formula is C24H28N2O5. The van der Waals surface area contributed by atoms with Crippen molar-refractivity contribution in [3.05, 3.63) is 51.9 Å². The maximum atomic E-state index is 12.5. The molecular weight excluding hydrogens is 396 g/mol. The lowest BCUT2D eigenvalue weighted by Gasteiger charge is -2.34. The summed E-state index contributed by atoms with van der Waals surface area (Å²) < 4.78 is 15.1. The van der Waals surface area contributed by atoms with Crippen LogP contribution in [0.5, 0.6) is 5.75 Å². The van der Waals surface area contributed by atoms with Crippen molar-refractivity contribution in [1.29, 1.82) is 0 Å². The first-order valence-electron chi connectivity index (χ1n) is 10.5.